The summed E-state index contributed by atoms with van der Waals surface area (Å²) in [5, 5.41) is 12.6. The van der Waals surface area contributed by atoms with Crippen molar-refractivity contribution in [2.75, 3.05) is 0 Å². The zero-order valence-corrected chi connectivity index (χ0v) is 11.9. The minimum atomic E-state index is -0.524. The summed E-state index contributed by atoms with van der Waals surface area (Å²) < 4.78 is 0. The molecule has 0 saturated carbocycles. The number of hydrogen-bond donors (Lipinski definition) is 2. The molecule has 0 bridgehead atoms. The van der Waals surface area contributed by atoms with Gasteiger partial charge in [0.15, 0.2) is 5.78 Å². The first kappa shape index (κ1) is 15.8. The maximum Gasteiger partial charge on any atom is 0.341 e. The Kier molecular flexibility index (Phi) is 5.12. The highest BCUT2D eigenvalue weighted by molar-refractivity contribution is 6.08. The highest BCUT2D eigenvalue weighted by Gasteiger charge is 2.08. The number of aromatic hydroxyl groups is 1. The quantitative estimate of drug-likeness (QED) is 0.220. The number of nitrogens with zero attached hydrogens (tertiary/aromatic N) is 3. The molecule has 2 aromatic rings. The van der Waals surface area contributed by atoms with Gasteiger partial charge in [0.2, 0.25) is 0 Å². The highest BCUT2D eigenvalue weighted by atomic mass is 16.3. The Balaban J connectivity index is 2.09. The second-order valence-corrected chi connectivity index (χ2v) is 4.47. The average Bonchev–Trinajstić information content (AvgIpc) is 2.58. The molecule has 2 rings (SSSR count). The number of amides is 1. The smallest absolute Gasteiger partial charge is 0.341 e. The summed E-state index contributed by atoms with van der Waals surface area (Å²) in [4.78, 5) is 25.9. The lowest BCUT2D eigenvalue weighted by atomic mass is 10.1. The summed E-state index contributed by atoms with van der Waals surface area (Å²) in [5.74, 6) is -0.927. The van der Waals surface area contributed by atoms with Crippen molar-refractivity contribution < 1.29 is 14.7 Å². The fourth-order valence-electron chi connectivity index (χ4n) is 1.82. The number of allylic oxidation sites excluding steroid dienone is 1. The van der Waals surface area contributed by atoms with Gasteiger partial charge in [-0.15, -0.1) is 5.53 Å². The van der Waals surface area contributed by atoms with Gasteiger partial charge in [0.25, 0.3) is 0 Å². The van der Waals surface area contributed by atoms with Crippen molar-refractivity contribution in [1.82, 2.24) is 5.43 Å². The third kappa shape index (κ3) is 4.20. The lowest BCUT2D eigenvalue weighted by molar-refractivity contribution is 0.0953. The molecule has 1 amide bonds. The van der Waals surface area contributed by atoms with Crippen LogP contribution < -0.4 is 5.43 Å². The number of benzene rings is 2. The number of hydrogen-bond acceptors (Lipinski definition) is 4. The minimum Gasteiger partial charge on any atom is -0.507 e. The van der Waals surface area contributed by atoms with E-state index < -0.39 is 5.91 Å². The molecular weight excluding hydrogens is 296 g/mol. The first-order chi connectivity index (χ1) is 11.1. The Morgan fingerprint density at radius 2 is 1.83 bits per heavy atom. The molecule has 7 nitrogen and oxygen atoms in total. The van der Waals surface area contributed by atoms with Crippen molar-refractivity contribution >= 4 is 17.8 Å². The van der Waals surface area contributed by atoms with Gasteiger partial charge in [-0.05, 0) is 41.1 Å². The van der Waals surface area contributed by atoms with Crippen LogP contribution in [0.2, 0.25) is 0 Å². The molecule has 0 aliphatic rings. The number of carbonyl (C=O) groups excluding carboxylic acids is 2. The first-order valence-corrected chi connectivity index (χ1v) is 6.56. The summed E-state index contributed by atoms with van der Waals surface area (Å²) in [5.41, 5.74) is 11.4. The normalized spacial score (nSPS) is 10.1. The van der Waals surface area contributed by atoms with Crippen LogP contribution in [-0.4, -0.2) is 16.8 Å². The van der Waals surface area contributed by atoms with Crippen LogP contribution >= 0.6 is 0 Å². The van der Waals surface area contributed by atoms with E-state index in [1.807, 2.05) is 5.43 Å². The molecule has 0 unspecified atom stereocenters. The molecule has 0 heterocycles. The van der Waals surface area contributed by atoms with Gasteiger partial charge >= 0.3 is 5.91 Å². The summed E-state index contributed by atoms with van der Waals surface area (Å²) >= 11 is 0. The van der Waals surface area contributed by atoms with Crippen LogP contribution in [0.1, 0.15) is 26.3 Å². The first-order valence-electron chi connectivity index (χ1n) is 6.56. The molecule has 7 heteroatoms. The zero-order valence-electron chi connectivity index (χ0n) is 11.9. The van der Waals surface area contributed by atoms with Crippen LogP contribution in [0.25, 0.3) is 16.5 Å². The number of phenols is 1. The van der Waals surface area contributed by atoms with Crippen molar-refractivity contribution in [3.63, 3.8) is 0 Å². The number of phenolic OH excluding ortho intramolecular Hbond substituents is 1. The van der Waals surface area contributed by atoms with Crippen LogP contribution in [0.5, 0.6) is 5.75 Å². The fraction of sp³-hybridized carbons (Fsp3) is 0. The van der Waals surface area contributed by atoms with Gasteiger partial charge in [0.05, 0.1) is 11.1 Å². The van der Waals surface area contributed by atoms with Gasteiger partial charge in [0.1, 0.15) is 5.75 Å². The number of rotatable bonds is 5. The molecule has 0 saturated heterocycles. The molecule has 0 spiro atoms. The number of carbonyl (C=O) groups is 2. The van der Waals surface area contributed by atoms with E-state index in [1.165, 1.54) is 30.3 Å². The van der Waals surface area contributed by atoms with Gasteiger partial charge in [-0.3, -0.25) is 4.79 Å². The molecule has 114 valence electrons. The number of nitrogens with one attached hydrogen (secondary N) is 1. The van der Waals surface area contributed by atoms with E-state index in [-0.39, 0.29) is 17.1 Å². The highest BCUT2D eigenvalue weighted by Crippen LogP contribution is 2.17. The lowest BCUT2D eigenvalue weighted by Crippen LogP contribution is -2.15. The van der Waals surface area contributed by atoms with Gasteiger partial charge in [0, 0.05) is 0 Å². The Morgan fingerprint density at radius 3 is 2.48 bits per heavy atom. The van der Waals surface area contributed by atoms with Gasteiger partial charge in [-0.25, -0.2) is 4.79 Å². The molecule has 2 aromatic carbocycles. The summed E-state index contributed by atoms with van der Waals surface area (Å²) in [6.07, 6.45) is 2.91. The predicted octanol–water partition coefficient (Wildman–Crippen LogP) is 3.24. The number of azide groups is 1. The third-order valence-corrected chi connectivity index (χ3v) is 2.97. The van der Waals surface area contributed by atoms with E-state index >= 15 is 0 Å². The average molecular weight is 308 g/mol. The van der Waals surface area contributed by atoms with Crippen LogP contribution in [0.3, 0.4) is 0 Å². The summed E-state index contributed by atoms with van der Waals surface area (Å²) in [7, 11) is 0. The Morgan fingerprint density at radius 1 is 1.13 bits per heavy atom. The van der Waals surface area contributed by atoms with Crippen LogP contribution in [0.4, 0.5) is 0 Å². The zero-order chi connectivity index (χ0) is 16.7. The van der Waals surface area contributed by atoms with Crippen LogP contribution in [0.15, 0.2) is 59.8 Å². The van der Waals surface area contributed by atoms with E-state index in [2.05, 4.69) is 10.1 Å². The Labute approximate surface area is 131 Å². The van der Waals surface area contributed by atoms with E-state index in [0.29, 0.717) is 11.1 Å². The molecule has 0 radical (unpaired) electrons. The molecule has 0 aliphatic carbocycles. The van der Waals surface area contributed by atoms with Crippen LogP contribution in [-0.2, 0) is 0 Å². The van der Waals surface area contributed by atoms with E-state index in [0.717, 1.165) is 0 Å². The molecule has 0 atom stereocenters. The minimum absolute atomic E-state index is 0.0767. The van der Waals surface area contributed by atoms with Gasteiger partial charge < -0.3 is 5.11 Å². The van der Waals surface area contributed by atoms with Crippen molar-refractivity contribution in [2.45, 2.75) is 0 Å². The Bertz CT molecular complexity index is 806. The lowest BCUT2D eigenvalue weighted by Gasteiger charge is -1.99. The fourth-order valence-corrected chi connectivity index (χ4v) is 1.82. The summed E-state index contributed by atoms with van der Waals surface area (Å²) in [6, 6.07) is 12.6. The van der Waals surface area contributed by atoms with Crippen molar-refractivity contribution in [1.29, 1.82) is 0 Å². The van der Waals surface area contributed by atoms with E-state index in [4.69, 9.17) is 5.53 Å². The number of para-hydroxylation sites is 1. The van der Waals surface area contributed by atoms with Crippen molar-refractivity contribution in [3.05, 3.63) is 81.7 Å². The standard InChI is InChI=1S/C16H12N4O3/c17-19-20-18-16(23)12-8-5-11(6-9-12)7-10-15(22)13-3-1-2-4-14(13)21/h1-10,21H,(H,18,23). The maximum absolute atomic E-state index is 12.0. The molecular formula is C16H12N4O3. The molecule has 23 heavy (non-hydrogen) atoms. The third-order valence-electron chi connectivity index (χ3n) is 2.97. The number of ketones is 1. The van der Waals surface area contributed by atoms with E-state index in [9.17, 15) is 14.7 Å². The van der Waals surface area contributed by atoms with Gasteiger partial charge in [-0.2, -0.15) is 10.3 Å². The molecule has 0 aliphatic heterocycles. The van der Waals surface area contributed by atoms with Gasteiger partial charge in [-0.1, -0.05) is 30.3 Å². The van der Waals surface area contributed by atoms with E-state index in [1.54, 1.807) is 30.3 Å². The maximum atomic E-state index is 12.0. The SMILES string of the molecule is [N-]=[N+]=NNC(=O)c1ccc(C=CC(=O)c2ccccc2O)cc1. The second-order valence-electron chi connectivity index (χ2n) is 4.47. The predicted molar refractivity (Wildman–Crippen MR) is 84.5 cm³/mol. The molecule has 2 N–H and O–H groups in total. The van der Waals surface area contributed by atoms with Crippen molar-refractivity contribution in [3.8, 4) is 5.75 Å². The van der Waals surface area contributed by atoms with Crippen molar-refractivity contribution in [2.24, 2.45) is 5.22 Å². The van der Waals surface area contributed by atoms with Crippen LogP contribution in [0, 0.1) is 0 Å². The Hall–Kier alpha value is -3.57. The monoisotopic (exact) mass is 308 g/mol. The molecule has 0 aromatic heterocycles. The topological polar surface area (TPSA) is 115 Å². The summed E-state index contributed by atoms with van der Waals surface area (Å²) in [6.45, 7) is 0. The second kappa shape index (κ2) is 7.44. The largest absolute Gasteiger partial charge is 0.507 e. The molecule has 0 fully saturated rings.